The van der Waals surface area contributed by atoms with Gasteiger partial charge in [0, 0.05) is 0 Å². The smallest absolute Gasteiger partial charge is 0.134 e. The van der Waals surface area contributed by atoms with Crippen LogP contribution in [0.4, 0.5) is 0 Å². The minimum absolute atomic E-state index is 1.14. The van der Waals surface area contributed by atoms with Crippen LogP contribution in [-0.4, -0.2) is 6.69 Å². The monoisotopic (exact) mass is 336 g/mol. The maximum absolute atomic E-state index is 7.02. The van der Waals surface area contributed by atoms with E-state index < -0.39 is 6.69 Å². The molecule has 0 radical (unpaired) electrons. The Bertz CT molecular complexity index is 597. The summed E-state index contributed by atoms with van der Waals surface area (Å²) in [6.45, 7) is 9.93. The Balaban J connectivity index is 2.74. The zero-order chi connectivity index (χ0) is 15.9. The van der Waals surface area contributed by atoms with E-state index in [0.717, 1.165) is 10.4 Å². The molecular weight excluding hydrogens is 315 g/mol. The molecule has 2 aromatic carbocycles. The highest BCUT2D eigenvalue weighted by Gasteiger charge is 2.38. The third kappa shape index (κ3) is 3.06. The standard InChI is InChI=1S/C18H22Cl2Si/c1-11-7-13(3)17(14(4)8-11)21(19,20)18-15(5)9-12(2)10-16(18)6/h7-10H,1-6H3. The van der Waals surface area contributed by atoms with Crippen molar-refractivity contribution in [3.05, 3.63) is 57.6 Å². The minimum Gasteiger partial charge on any atom is -0.134 e. The van der Waals surface area contributed by atoms with Gasteiger partial charge in [-0.1, -0.05) is 35.4 Å². The van der Waals surface area contributed by atoms with Gasteiger partial charge in [0.25, 0.3) is 0 Å². The topological polar surface area (TPSA) is 0 Å². The van der Waals surface area contributed by atoms with E-state index in [9.17, 15) is 0 Å². The maximum atomic E-state index is 7.02. The number of hydrogen-bond acceptors (Lipinski definition) is 0. The van der Waals surface area contributed by atoms with E-state index >= 15 is 0 Å². The highest BCUT2D eigenvalue weighted by Crippen LogP contribution is 2.24. The molecule has 0 fully saturated rings. The lowest BCUT2D eigenvalue weighted by atomic mass is 10.1. The SMILES string of the molecule is Cc1cc(C)c([Si](Cl)(Cl)c2c(C)cc(C)cc2C)c(C)c1. The highest BCUT2D eigenvalue weighted by molar-refractivity contribution is 7.56. The van der Waals surface area contributed by atoms with Crippen LogP contribution >= 0.6 is 22.2 Å². The Morgan fingerprint density at radius 2 is 0.810 bits per heavy atom. The quantitative estimate of drug-likeness (QED) is 0.556. The molecule has 0 heterocycles. The first-order valence-electron chi connectivity index (χ1n) is 7.19. The van der Waals surface area contributed by atoms with E-state index in [1.54, 1.807) is 0 Å². The fourth-order valence-electron chi connectivity index (χ4n) is 3.48. The van der Waals surface area contributed by atoms with Gasteiger partial charge in [-0.25, -0.2) is 0 Å². The van der Waals surface area contributed by atoms with Gasteiger partial charge in [0.15, 0.2) is 0 Å². The van der Waals surface area contributed by atoms with Crippen molar-refractivity contribution >= 4 is 39.2 Å². The minimum atomic E-state index is -2.74. The number of benzene rings is 2. The van der Waals surface area contributed by atoms with E-state index in [1.165, 1.54) is 33.4 Å². The summed E-state index contributed by atoms with van der Waals surface area (Å²) in [6.07, 6.45) is 0. The molecule has 0 aliphatic heterocycles. The van der Waals surface area contributed by atoms with Crippen LogP contribution in [-0.2, 0) is 0 Å². The molecular formula is C18H22Cl2Si. The molecule has 0 aliphatic rings. The Morgan fingerprint density at radius 3 is 1.05 bits per heavy atom. The second-order valence-corrected chi connectivity index (χ2v) is 12.3. The van der Waals surface area contributed by atoms with Crippen LogP contribution in [0.1, 0.15) is 33.4 Å². The molecule has 0 saturated carbocycles. The van der Waals surface area contributed by atoms with E-state index in [-0.39, 0.29) is 0 Å². The zero-order valence-corrected chi connectivity index (χ0v) is 16.1. The Hall–Kier alpha value is -0.763. The van der Waals surface area contributed by atoms with Crippen molar-refractivity contribution in [3.8, 4) is 0 Å². The Morgan fingerprint density at radius 1 is 0.571 bits per heavy atom. The van der Waals surface area contributed by atoms with E-state index in [0.29, 0.717) is 0 Å². The van der Waals surface area contributed by atoms with Gasteiger partial charge >= 0.3 is 6.69 Å². The van der Waals surface area contributed by atoms with Crippen LogP contribution in [0.2, 0.25) is 0 Å². The van der Waals surface area contributed by atoms with Gasteiger partial charge in [-0.3, -0.25) is 0 Å². The summed E-state index contributed by atoms with van der Waals surface area (Å²) in [6, 6.07) is 8.70. The number of aryl methyl sites for hydroxylation is 6. The second-order valence-electron chi connectivity index (χ2n) is 6.12. The molecule has 0 N–H and O–H groups in total. The van der Waals surface area contributed by atoms with E-state index in [1.807, 2.05) is 0 Å². The number of halogens is 2. The van der Waals surface area contributed by atoms with Gasteiger partial charge in [-0.15, -0.1) is 22.2 Å². The van der Waals surface area contributed by atoms with Gasteiger partial charge in [0.2, 0.25) is 0 Å². The molecule has 0 aliphatic carbocycles. The van der Waals surface area contributed by atoms with Crippen molar-refractivity contribution in [3.63, 3.8) is 0 Å². The van der Waals surface area contributed by atoms with Gasteiger partial charge < -0.3 is 0 Å². The Labute approximate surface area is 138 Å². The molecule has 0 nitrogen and oxygen atoms in total. The molecule has 0 saturated heterocycles. The molecule has 0 bridgehead atoms. The average Bonchev–Trinajstić information content (AvgIpc) is 2.23. The van der Waals surface area contributed by atoms with Gasteiger partial charge in [0.05, 0.1) is 0 Å². The van der Waals surface area contributed by atoms with Crippen molar-refractivity contribution in [2.24, 2.45) is 0 Å². The summed E-state index contributed by atoms with van der Waals surface area (Å²) in [5, 5.41) is 2.29. The molecule has 0 atom stereocenters. The molecule has 3 heteroatoms. The normalized spacial score (nSPS) is 11.8. The summed E-state index contributed by atoms with van der Waals surface area (Å²) in [7, 11) is 0. The predicted octanol–water partition coefficient (Wildman–Crippen LogP) is 4.57. The van der Waals surface area contributed by atoms with Crippen LogP contribution in [0.5, 0.6) is 0 Å². The van der Waals surface area contributed by atoms with E-state index in [4.69, 9.17) is 22.2 Å². The zero-order valence-electron chi connectivity index (χ0n) is 13.6. The molecule has 0 unspecified atom stereocenters. The first-order chi connectivity index (χ1) is 9.64. The highest BCUT2D eigenvalue weighted by atomic mass is 35.7. The third-order valence-electron chi connectivity index (χ3n) is 3.98. The molecule has 2 rings (SSSR count). The van der Waals surface area contributed by atoms with Crippen molar-refractivity contribution < 1.29 is 0 Å². The van der Waals surface area contributed by atoms with Gasteiger partial charge in [-0.05, 0) is 74.2 Å². The number of rotatable bonds is 2. The van der Waals surface area contributed by atoms with Crippen LogP contribution in [0, 0.1) is 41.5 Å². The fraction of sp³-hybridized carbons (Fsp3) is 0.333. The van der Waals surface area contributed by atoms with Crippen molar-refractivity contribution in [2.75, 3.05) is 0 Å². The van der Waals surface area contributed by atoms with Gasteiger partial charge in [-0.2, -0.15) is 0 Å². The lowest BCUT2D eigenvalue weighted by Gasteiger charge is -2.26. The molecule has 21 heavy (non-hydrogen) atoms. The summed E-state index contributed by atoms with van der Waals surface area (Å²) in [4.78, 5) is 0. The summed E-state index contributed by atoms with van der Waals surface area (Å²) in [5.41, 5.74) is 7.30. The summed E-state index contributed by atoms with van der Waals surface area (Å²) >= 11 is 14.0. The summed E-state index contributed by atoms with van der Waals surface area (Å²) in [5.74, 6) is 0. The van der Waals surface area contributed by atoms with Crippen LogP contribution in [0.25, 0.3) is 0 Å². The Kier molecular flexibility index (Phi) is 4.58. The third-order valence-corrected chi connectivity index (χ3v) is 9.08. The van der Waals surface area contributed by atoms with Crippen molar-refractivity contribution in [1.82, 2.24) is 0 Å². The number of hydrogen-bond donors (Lipinski definition) is 0. The van der Waals surface area contributed by atoms with Crippen LogP contribution in [0.15, 0.2) is 24.3 Å². The molecule has 0 amide bonds. The fourth-order valence-corrected chi connectivity index (χ4v) is 9.57. The van der Waals surface area contributed by atoms with Crippen molar-refractivity contribution in [1.29, 1.82) is 0 Å². The molecule has 112 valence electrons. The summed E-state index contributed by atoms with van der Waals surface area (Å²) < 4.78 is 0. The second kappa shape index (κ2) is 5.79. The van der Waals surface area contributed by atoms with E-state index in [2.05, 4.69) is 65.8 Å². The largest absolute Gasteiger partial charge is 0.311 e. The average molecular weight is 337 g/mol. The maximum Gasteiger partial charge on any atom is 0.311 e. The molecule has 0 spiro atoms. The van der Waals surface area contributed by atoms with Crippen molar-refractivity contribution in [2.45, 2.75) is 41.5 Å². The van der Waals surface area contributed by atoms with Gasteiger partial charge in [0.1, 0.15) is 0 Å². The first-order valence-corrected chi connectivity index (χ1v) is 11.2. The molecule has 2 aromatic rings. The molecule has 0 aromatic heterocycles. The predicted molar refractivity (Wildman–Crippen MR) is 98.0 cm³/mol. The first kappa shape index (κ1) is 16.6. The van der Waals surface area contributed by atoms with Crippen LogP contribution < -0.4 is 10.4 Å². The lowest BCUT2D eigenvalue weighted by molar-refractivity contribution is 1.34. The van der Waals surface area contributed by atoms with Crippen LogP contribution in [0.3, 0.4) is 0 Å². The lowest BCUT2D eigenvalue weighted by Crippen LogP contribution is -2.53.